The minimum atomic E-state index is -3.25. The van der Waals surface area contributed by atoms with Gasteiger partial charge in [-0.1, -0.05) is 0 Å². The van der Waals surface area contributed by atoms with Gasteiger partial charge in [-0.3, -0.25) is 9.10 Å². The third-order valence-electron chi connectivity index (χ3n) is 4.45. The third-order valence-corrected chi connectivity index (χ3v) is 5.63. The highest BCUT2D eigenvalue weighted by Crippen LogP contribution is 2.30. The first-order valence-electron chi connectivity index (χ1n) is 7.87. The predicted molar refractivity (Wildman–Crippen MR) is 86.7 cm³/mol. The smallest absolute Gasteiger partial charge is 0.253 e. The van der Waals surface area contributed by atoms with Crippen LogP contribution in [0.4, 0.5) is 5.69 Å². The van der Waals surface area contributed by atoms with Gasteiger partial charge in [0.25, 0.3) is 5.91 Å². The Labute approximate surface area is 132 Å². The molecule has 1 saturated heterocycles. The fourth-order valence-electron chi connectivity index (χ4n) is 3.32. The predicted octanol–water partition coefficient (Wildman–Crippen LogP) is 2.02. The molecule has 120 valence electrons. The minimum absolute atomic E-state index is 0.0685. The number of amides is 1. The van der Waals surface area contributed by atoms with Crippen molar-refractivity contribution in [3.8, 4) is 0 Å². The van der Waals surface area contributed by atoms with Gasteiger partial charge in [0.15, 0.2) is 0 Å². The van der Waals surface area contributed by atoms with Gasteiger partial charge in [0.1, 0.15) is 0 Å². The first kappa shape index (κ1) is 15.3. The molecule has 0 radical (unpaired) electrons. The summed E-state index contributed by atoms with van der Waals surface area (Å²) in [6, 6.07) is 5.43. The maximum atomic E-state index is 12.6. The molecule has 3 rings (SSSR count). The van der Waals surface area contributed by atoms with E-state index in [0.29, 0.717) is 12.1 Å². The zero-order chi connectivity index (χ0) is 15.7. The quantitative estimate of drug-likeness (QED) is 0.837. The molecule has 2 heterocycles. The molecule has 2 aliphatic rings. The molecule has 0 unspecified atom stereocenters. The average Bonchev–Trinajstić information content (AvgIpc) is 2.53. The monoisotopic (exact) mass is 322 g/mol. The average molecular weight is 322 g/mol. The lowest BCUT2D eigenvalue weighted by Crippen LogP contribution is -2.36. The first-order chi connectivity index (χ1) is 10.5. The number of carbonyl (C=O) groups excluding carboxylic acids is 1. The second-order valence-corrected chi connectivity index (χ2v) is 8.04. The number of sulfonamides is 1. The van der Waals surface area contributed by atoms with Crippen LogP contribution < -0.4 is 4.31 Å². The number of aryl methyl sites for hydroxylation is 1. The second kappa shape index (κ2) is 5.91. The van der Waals surface area contributed by atoms with Crippen LogP contribution >= 0.6 is 0 Å². The molecule has 0 spiro atoms. The standard InChI is InChI=1S/C16H22N2O3S/c1-22(20,21)18-11-5-6-13-12-14(7-8-15(13)18)16(19)17-9-3-2-4-10-17/h7-8,12H,2-6,9-11H2,1H3. The Hall–Kier alpha value is -1.56. The van der Waals surface area contributed by atoms with Crippen LogP contribution in [0.25, 0.3) is 0 Å². The molecule has 22 heavy (non-hydrogen) atoms. The van der Waals surface area contributed by atoms with Gasteiger partial charge >= 0.3 is 0 Å². The van der Waals surface area contributed by atoms with Crippen LogP contribution in [0.1, 0.15) is 41.6 Å². The van der Waals surface area contributed by atoms with E-state index in [2.05, 4.69) is 0 Å². The summed E-state index contributed by atoms with van der Waals surface area (Å²) in [7, 11) is -3.25. The number of anilines is 1. The Balaban J connectivity index is 1.89. The van der Waals surface area contributed by atoms with Crippen molar-refractivity contribution in [1.29, 1.82) is 0 Å². The molecule has 0 aliphatic carbocycles. The molecule has 0 N–H and O–H groups in total. The molecule has 0 saturated carbocycles. The van der Waals surface area contributed by atoms with Crippen molar-refractivity contribution < 1.29 is 13.2 Å². The summed E-state index contributed by atoms with van der Waals surface area (Å²) in [5.41, 5.74) is 2.36. The van der Waals surface area contributed by atoms with Crippen molar-refractivity contribution in [2.75, 3.05) is 30.2 Å². The van der Waals surface area contributed by atoms with E-state index in [-0.39, 0.29) is 5.91 Å². The van der Waals surface area contributed by atoms with Crippen molar-refractivity contribution in [2.45, 2.75) is 32.1 Å². The molecule has 0 aromatic heterocycles. The van der Waals surface area contributed by atoms with Crippen LogP contribution in [0.3, 0.4) is 0 Å². The topological polar surface area (TPSA) is 57.7 Å². The number of nitrogens with zero attached hydrogens (tertiary/aromatic N) is 2. The highest BCUT2D eigenvalue weighted by molar-refractivity contribution is 7.92. The van der Waals surface area contributed by atoms with Gasteiger partial charge in [0.05, 0.1) is 11.9 Å². The molecule has 1 amide bonds. The Kier molecular flexibility index (Phi) is 4.12. The van der Waals surface area contributed by atoms with Gasteiger partial charge in [-0.15, -0.1) is 0 Å². The largest absolute Gasteiger partial charge is 0.339 e. The van der Waals surface area contributed by atoms with Crippen LogP contribution in [0.5, 0.6) is 0 Å². The van der Waals surface area contributed by atoms with E-state index in [1.807, 2.05) is 11.0 Å². The van der Waals surface area contributed by atoms with Crippen LogP contribution in [0, 0.1) is 0 Å². The molecule has 0 bridgehead atoms. The zero-order valence-corrected chi connectivity index (χ0v) is 13.7. The van der Waals surface area contributed by atoms with Crippen molar-refractivity contribution in [2.24, 2.45) is 0 Å². The number of fused-ring (bicyclic) bond motifs is 1. The van der Waals surface area contributed by atoms with E-state index in [1.165, 1.54) is 17.0 Å². The zero-order valence-electron chi connectivity index (χ0n) is 12.9. The third kappa shape index (κ3) is 2.97. The summed E-state index contributed by atoms with van der Waals surface area (Å²) in [4.78, 5) is 14.5. The Morgan fingerprint density at radius 3 is 2.45 bits per heavy atom. The van der Waals surface area contributed by atoms with E-state index < -0.39 is 10.0 Å². The van der Waals surface area contributed by atoms with E-state index in [4.69, 9.17) is 0 Å². The second-order valence-electron chi connectivity index (χ2n) is 6.14. The fourth-order valence-corrected chi connectivity index (χ4v) is 4.32. The SMILES string of the molecule is CS(=O)(=O)N1CCCc2cc(C(=O)N3CCCCC3)ccc21. The lowest BCUT2D eigenvalue weighted by molar-refractivity contribution is 0.0724. The fraction of sp³-hybridized carbons (Fsp3) is 0.562. The molecule has 1 fully saturated rings. The van der Waals surface area contributed by atoms with Crippen molar-refractivity contribution >= 4 is 21.6 Å². The normalized spacial score (nSPS) is 19.0. The maximum absolute atomic E-state index is 12.6. The van der Waals surface area contributed by atoms with E-state index in [1.54, 1.807) is 12.1 Å². The van der Waals surface area contributed by atoms with Gasteiger partial charge < -0.3 is 4.90 Å². The molecule has 6 heteroatoms. The molecule has 1 aromatic carbocycles. The summed E-state index contributed by atoms with van der Waals surface area (Å²) in [6.45, 7) is 2.17. The summed E-state index contributed by atoms with van der Waals surface area (Å²) in [5, 5.41) is 0. The van der Waals surface area contributed by atoms with E-state index in [9.17, 15) is 13.2 Å². The van der Waals surface area contributed by atoms with Crippen molar-refractivity contribution in [3.05, 3.63) is 29.3 Å². The number of hydrogen-bond acceptors (Lipinski definition) is 3. The van der Waals surface area contributed by atoms with Gasteiger partial charge in [-0.2, -0.15) is 0 Å². The minimum Gasteiger partial charge on any atom is -0.339 e. The molecule has 0 atom stereocenters. The highest BCUT2D eigenvalue weighted by atomic mass is 32.2. The van der Waals surface area contributed by atoms with Crippen LogP contribution in [0.15, 0.2) is 18.2 Å². The van der Waals surface area contributed by atoms with Crippen LogP contribution in [-0.2, 0) is 16.4 Å². The molecule has 1 aromatic rings. The summed E-state index contributed by atoms with van der Waals surface area (Å²) < 4.78 is 25.2. The number of rotatable bonds is 2. The molecular formula is C16H22N2O3S. The summed E-state index contributed by atoms with van der Waals surface area (Å²) >= 11 is 0. The number of hydrogen-bond donors (Lipinski definition) is 0. The Morgan fingerprint density at radius 1 is 1.05 bits per heavy atom. The first-order valence-corrected chi connectivity index (χ1v) is 9.71. The van der Waals surface area contributed by atoms with Crippen molar-refractivity contribution in [1.82, 2.24) is 4.90 Å². The molecular weight excluding hydrogens is 300 g/mol. The van der Waals surface area contributed by atoms with Gasteiger partial charge in [-0.25, -0.2) is 8.42 Å². The Bertz CT molecular complexity index is 679. The number of benzene rings is 1. The van der Waals surface area contributed by atoms with Gasteiger partial charge in [0.2, 0.25) is 10.0 Å². The summed E-state index contributed by atoms with van der Waals surface area (Å²) in [5.74, 6) is 0.0685. The van der Waals surface area contributed by atoms with E-state index in [0.717, 1.165) is 50.0 Å². The maximum Gasteiger partial charge on any atom is 0.253 e. The van der Waals surface area contributed by atoms with E-state index >= 15 is 0 Å². The van der Waals surface area contributed by atoms with Gasteiger partial charge in [0, 0.05) is 25.2 Å². The lowest BCUT2D eigenvalue weighted by Gasteiger charge is -2.30. The number of carbonyl (C=O) groups is 1. The lowest BCUT2D eigenvalue weighted by atomic mass is 10.00. The molecule has 2 aliphatic heterocycles. The Morgan fingerprint density at radius 2 is 1.77 bits per heavy atom. The molecule has 5 nitrogen and oxygen atoms in total. The number of piperidine rings is 1. The number of likely N-dealkylation sites (tertiary alicyclic amines) is 1. The van der Waals surface area contributed by atoms with Gasteiger partial charge in [-0.05, 0) is 55.9 Å². The highest BCUT2D eigenvalue weighted by Gasteiger charge is 2.25. The van der Waals surface area contributed by atoms with Crippen LogP contribution in [0.2, 0.25) is 0 Å². The van der Waals surface area contributed by atoms with Crippen LogP contribution in [-0.4, -0.2) is 45.1 Å². The van der Waals surface area contributed by atoms with Crippen molar-refractivity contribution in [3.63, 3.8) is 0 Å². The summed E-state index contributed by atoms with van der Waals surface area (Å²) in [6.07, 6.45) is 6.17.